The Hall–Kier alpha value is -1.21. The molecule has 0 amide bonds. The van der Waals surface area contributed by atoms with Gasteiger partial charge in [-0.1, -0.05) is 44.2 Å². The third-order valence-corrected chi connectivity index (χ3v) is 10.6. The van der Waals surface area contributed by atoms with Crippen LogP contribution in [0.3, 0.4) is 0 Å². The number of hydrogen-bond donors (Lipinski definition) is 0. The van der Waals surface area contributed by atoms with Crippen LogP contribution in [-0.4, -0.2) is 45.0 Å². The van der Waals surface area contributed by atoms with Gasteiger partial charge < -0.3 is 18.6 Å². The molecule has 2 heterocycles. The fraction of sp³-hybridized carbons (Fsp3) is 0.667. The lowest BCUT2D eigenvalue weighted by Gasteiger charge is -2.45. The van der Waals surface area contributed by atoms with Gasteiger partial charge in [0.15, 0.2) is 14.1 Å². The smallest absolute Gasteiger partial charge is 0.302 e. The van der Waals surface area contributed by atoms with E-state index < -0.39 is 19.7 Å². The van der Waals surface area contributed by atoms with E-state index in [9.17, 15) is 4.79 Å². The molecule has 3 atom stereocenters. The van der Waals surface area contributed by atoms with Crippen LogP contribution in [0, 0.1) is 0 Å². The molecule has 150 valence electrons. The Morgan fingerprint density at radius 1 is 1.30 bits per heavy atom. The van der Waals surface area contributed by atoms with Gasteiger partial charge in [-0.15, -0.1) is 0 Å². The molecule has 0 N–H and O–H groups in total. The van der Waals surface area contributed by atoms with Gasteiger partial charge in [-0.25, -0.2) is 0 Å². The molecule has 27 heavy (non-hydrogen) atoms. The van der Waals surface area contributed by atoms with Crippen molar-refractivity contribution in [2.45, 2.75) is 76.2 Å². The van der Waals surface area contributed by atoms with Crippen molar-refractivity contribution < 1.29 is 23.4 Å². The first-order chi connectivity index (χ1) is 12.5. The van der Waals surface area contributed by atoms with Gasteiger partial charge in [0.05, 0.1) is 12.7 Å². The minimum Gasteiger partial charge on any atom is -0.463 e. The summed E-state index contributed by atoms with van der Waals surface area (Å²) in [6.45, 7) is 13.2. The molecule has 2 fully saturated rings. The van der Waals surface area contributed by atoms with Gasteiger partial charge in [0.25, 0.3) is 0 Å². The Morgan fingerprint density at radius 3 is 2.59 bits per heavy atom. The second kappa shape index (κ2) is 6.99. The van der Waals surface area contributed by atoms with Crippen LogP contribution in [-0.2, 0) is 28.5 Å². The van der Waals surface area contributed by atoms with E-state index in [1.165, 1.54) is 12.5 Å². The highest BCUT2D eigenvalue weighted by Gasteiger charge is 2.61. The molecule has 0 spiro atoms. The summed E-state index contributed by atoms with van der Waals surface area (Å²) in [4.78, 5) is 11.4. The zero-order valence-electron chi connectivity index (χ0n) is 17.3. The van der Waals surface area contributed by atoms with E-state index in [-0.39, 0.29) is 23.7 Å². The van der Waals surface area contributed by atoms with E-state index >= 15 is 0 Å². The lowest BCUT2D eigenvalue weighted by atomic mass is 9.94. The standard InChI is InChI=1S/C21H32O5Si/c1-16(22)23-15-21-12-13-24-20(4,26-21)14-18(21)25-27(5,6)19(2,3)17-10-8-7-9-11-17/h7-11,18H,12-15H2,1-6H3/t18-,20+,21-/m1/s1. The van der Waals surface area contributed by atoms with Crippen LogP contribution >= 0.6 is 0 Å². The lowest BCUT2D eigenvalue weighted by molar-refractivity contribution is -0.291. The molecule has 0 saturated carbocycles. The molecule has 1 aromatic carbocycles. The van der Waals surface area contributed by atoms with Gasteiger partial charge in [0.2, 0.25) is 0 Å². The van der Waals surface area contributed by atoms with Crippen molar-refractivity contribution in [1.82, 2.24) is 0 Å². The van der Waals surface area contributed by atoms with Crippen LogP contribution in [0.5, 0.6) is 0 Å². The van der Waals surface area contributed by atoms with Gasteiger partial charge in [0, 0.05) is 24.8 Å². The summed E-state index contributed by atoms with van der Waals surface area (Å²) in [7, 11) is -2.21. The molecular formula is C21H32O5Si. The molecule has 2 bridgehead atoms. The number of fused-ring (bicyclic) bond motifs is 2. The maximum atomic E-state index is 11.4. The fourth-order valence-electron chi connectivity index (χ4n) is 4.07. The van der Waals surface area contributed by atoms with Gasteiger partial charge in [-0.3, -0.25) is 4.79 Å². The summed E-state index contributed by atoms with van der Waals surface area (Å²) in [6, 6.07) is 10.5. The largest absolute Gasteiger partial charge is 0.463 e. The Bertz CT molecular complexity index is 689. The summed E-state index contributed by atoms with van der Waals surface area (Å²) in [5.41, 5.74) is 0.649. The van der Waals surface area contributed by atoms with Crippen LogP contribution in [0.25, 0.3) is 0 Å². The van der Waals surface area contributed by atoms with E-state index in [0.717, 1.165) is 0 Å². The number of esters is 1. The quantitative estimate of drug-likeness (QED) is 0.542. The van der Waals surface area contributed by atoms with E-state index in [4.69, 9.17) is 18.6 Å². The highest BCUT2D eigenvalue weighted by molar-refractivity contribution is 6.74. The van der Waals surface area contributed by atoms with Gasteiger partial charge in [-0.05, 0) is 25.6 Å². The summed E-state index contributed by atoms with van der Waals surface area (Å²) < 4.78 is 24.4. The minimum absolute atomic E-state index is 0.0880. The Labute approximate surface area is 163 Å². The average molecular weight is 393 g/mol. The Morgan fingerprint density at radius 2 is 1.96 bits per heavy atom. The molecule has 2 aliphatic heterocycles. The normalized spacial score (nSPS) is 31.0. The first-order valence-corrected chi connectivity index (χ1v) is 12.6. The molecular weight excluding hydrogens is 360 g/mol. The molecule has 3 rings (SSSR count). The lowest BCUT2D eigenvalue weighted by Crippen LogP contribution is -2.57. The molecule has 2 aliphatic rings. The molecule has 0 aromatic heterocycles. The summed E-state index contributed by atoms with van der Waals surface area (Å²) in [5.74, 6) is -0.974. The van der Waals surface area contributed by atoms with E-state index in [2.05, 4.69) is 51.2 Å². The molecule has 0 radical (unpaired) electrons. The van der Waals surface area contributed by atoms with Crippen molar-refractivity contribution in [3.63, 3.8) is 0 Å². The predicted octanol–water partition coefficient (Wildman–Crippen LogP) is 3.95. The SMILES string of the molecule is CC(=O)OC[C@]12CCO[C@](C)(C[C@H]1O[Si](C)(C)C(C)(C)c1ccccc1)O2. The van der Waals surface area contributed by atoms with Crippen molar-refractivity contribution in [2.75, 3.05) is 13.2 Å². The van der Waals surface area contributed by atoms with Crippen LogP contribution < -0.4 is 0 Å². The van der Waals surface area contributed by atoms with E-state index in [1.807, 2.05) is 13.0 Å². The summed E-state index contributed by atoms with van der Waals surface area (Å²) >= 11 is 0. The predicted molar refractivity (Wildman–Crippen MR) is 106 cm³/mol. The molecule has 0 unspecified atom stereocenters. The third kappa shape index (κ3) is 3.85. The topological polar surface area (TPSA) is 54.0 Å². The van der Waals surface area contributed by atoms with Crippen LogP contribution in [0.15, 0.2) is 30.3 Å². The van der Waals surface area contributed by atoms with Crippen molar-refractivity contribution in [3.8, 4) is 0 Å². The number of benzene rings is 1. The second-order valence-corrected chi connectivity index (χ2v) is 13.5. The first-order valence-electron chi connectivity index (χ1n) is 9.71. The second-order valence-electron chi connectivity index (χ2n) is 8.99. The van der Waals surface area contributed by atoms with Crippen LogP contribution in [0.2, 0.25) is 13.1 Å². The van der Waals surface area contributed by atoms with Crippen LogP contribution in [0.4, 0.5) is 0 Å². The highest BCUT2D eigenvalue weighted by atomic mass is 28.4. The molecule has 0 aliphatic carbocycles. The zero-order chi connectivity index (χ0) is 19.9. The van der Waals surface area contributed by atoms with Crippen LogP contribution in [0.1, 0.15) is 46.1 Å². The van der Waals surface area contributed by atoms with Gasteiger partial charge >= 0.3 is 5.97 Å². The number of ether oxygens (including phenoxy) is 3. The molecule has 6 heteroatoms. The maximum absolute atomic E-state index is 11.4. The summed E-state index contributed by atoms with van der Waals surface area (Å²) in [5, 5.41) is -0.0880. The zero-order valence-corrected chi connectivity index (χ0v) is 18.3. The summed E-state index contributed by atoms with van der Waals surface area (Å²) in [6.07, 6.45) is 1.15. The molecule has 2 saturated heterocycles. The van der Waals surface area contributed by atoms with Crippen molar-refractivity contribution in [1.29, 1.82) is 0 Å². The van der Waals surface area contributed by atoms with E-state index in [1.54, 1.807) is 0 Å². The third-order valence-electron chi connectivity index (χ3n) is 6.45. The van der Waals surface area contributed by atoms with Gasteiger partial charge in [0.1, 0.15) is 12.2 Å². The van der Waals surface area contributed by atoms with Crippen molar-refractivity contribution in [3.05, 3.63) is 35.9 Å². The Kier molecular flexibility index (Phi) is 5.31. The van der Waals surface area contributed by atoms with Gasteiger partial charge in [-0.2, -0.15) is 0 Å². The first kappa shape index (κ1) is 20.5. The molecule has 5 nitrogen and oxygen atoms in total. The van der Waals surface area contributed by atoms with Crippen molar-refractivity contribution in [2.24, 2.45) is 0 Å². The highest BCUT2D eigenvalue weighted by Crippen LogP contribution is 2.48. The van der Waals surface area contributed by atoms with E-state index in [0.29, 0.717) is 19.4 Å². The average Bonchev–Trinajstić information content (AvgIpc) is 2.78. The number of carbonyl (C=O) groups excluding carboxylic acids is 1. The van der Waals surface area contributed by atoms with Crippen molar-refractivity contribution >= 4 is 14.3 Å². The maximum Gasteiger partial charge on any atom is 0.302 e. The minimum atomic E-state index is -2.21. The monoisotopic (exact) mass is 392 g/mol. The number of carbonyl (C=O) groups is 1. The Balaban J connectivity index is 1.86. The number of rotatable bonds is 6. The number of hydrogen-bond acceptors (Lipinski definition) is 5. The molecule has 1 aromatic rings. The fourth-order valence-corrected chi connectivity index (χ4v) is 6.24.